The Kier molecular flexibility index (Phi) is 4.42. The third kappa shape index (κ3) is 2.84. The molecule has 2 aromatic heterocycles. The van der Waals surface area contributed by atoms with Crippen molar-refractivity contribution in [1.82, 2.24) is 9.38 Å². The molecule has 4 nitrogen and oxygen atoms in total. The third-order valence-electron chi connectivity index (χ3n) is 3.92. The maximum atomic E-state index is 13.2. The Balaban J connectivity index is 2.10. The van der Waals surface area contributed by atoms with Crippen LogP contribution >= 0.6 is 0 Å². The summed E-state index contributed by atoms with van der Waals surface area (Å²) in [5.41, 5.74) is 3.28. The number of nitrogens with zero attached hydrogens (tertiary/aromatic N) is 3. The zero-order chi connectivity index (χ0) is 16.2. The fourth-order valence-electron chi connectivity index (χ4n) is 2.86. The Bertz CT molecular complexity index is 808. The predicted molar refractivity (Wildman–Crippen MR) is 93.0 cm³/mol. The molecule has 23 heavy (non-hydrogen) atoms. The van der Waals surface area contributed by atoms with E-state index in [4.69, 9.17) is 0 Å². The average molecular weight is 307 g/mol. The van der Waals surface area contributed by atoms with Crippen molar-refractivity contribution in [3.05, 3.63) is 66.1 Å². The van der Waals surface area contributed by atoms with Crippen LogP contribution in [0.5, 0.6) is 0 Å². The van der Waals surface area contributed by atoms with Crippen molar-refractivity contribution in [2.75, 3.05) is 11.4 Å². The molecule has 1 aromatic carbocycles. The van der Waals surface area contributed by atoms with Crippen LogP contribution in [-0.4, -0.2) is 21.8 Å². The molecule has 0 bridgehead atoms. The molecule has 2 heterocycles. The van der Waals surface area contributed by atoms with Gasteiger partial charge in [-0.2, -0.15) is 0 Å². The molecule has 0 N–H and O–H groups in total. The fraction of sp³-hybridized carbons (Fsp3) is 0.263. The predicted octanol–water partition coefficient (Wildman–Crippen LogP) is 3.95. The number of pyridine rings is 1. The van der Waals surface area contributed by atoms with Crippen LogP contribution in [0.15, 0.2) is 54.7 Å². The lowest BCUT2D eigenvalue weighted by Gasteiger charge is -2.21. The van der Waals surface area contributed by atoms with E-state index in [2.05, 4.69) is 11.9 Å². The van der Waals surface area contributed by atoms with Crippen molar-refractivity contribution < 1.29 is 4.79 Å². The Labute approximate surface area is 136 Å². The van der Waals surface area contributed by atoms with Crippen LogP contribution in [0.1, 0.15) is 36.5 Å². The second-order valence-electron chi connectivity index (χ2n) is 5.47. The summed E-state index contributed by atoms with van der Waals surface area (Å²) in [6.45, 7) is 4.72. The van der Waals surface area contributed by atoms with Gasteiger partial charge in [0.15, 0.2) is 0 Å². The van der Waals surface area contributed by atoms with Crippen LogP contribution in [0.25, 0.3) is 5.65 Å². The molecule has 0 aliphatic carbocycles. The van der Waals surface area contributed by atoms with E-state index in [1.807, 2.05) is 66.1 Å². The second kappa shape index (κ2) is 6.65. The first-order valence-electron chi connectivity index (χ1n) is 8.09. The molecule has 0 fully saturated rings. The lowest BCUT2D eigenvalue weighted by Crippen LogP contribution is -2.32. The summed E-state index contributed by atoms with van der Waals surface area (Å²) in [4.78, 5) is 19.7. The molecular formula is C19H21N3O. The van der Waals surface area contributed by atoms with E-state index in [0.29, 0.717) is 12.2 Å². The van der Waals surface area contributed by atoms with Gasteiger partial charge in [0, 0.05) is 18.4 Å². The number of aryl methyl sites for hydroxylation is 1. The summed E-state index contributed by atoms with van der Waals surface area (Å²) in [6, 6.07) is 15.6. The summed E-state index contributed by atoms with van der Waals surface area (Å²) in [5, 5.41) is 0. The molecule has 0 aliphatic rings. The van der Waals surface area contributed by atoms with E-state index in [1.54, 1.807) is 4.90 Å². The van der Waals surface area contributed by atoms with E-state index in [0.717, 1.165) is 29.9 Å². The van der Waals surface area contributed by atoms with Gasteiger partial charge in [0.2, 0.25) is 0 Å². The van der Waals surface area contributed by atoms with Gasteiger partial charge in [0.1, 0.15) is 11.3 Å². The topological polar surface area (TPSA) is 37.6 Å². The van der Waals surface area contributed by atoms with E-state index in [9.17, 15) is 4.79 Å². The minimum absolute atomic E-state index is 0.000787. The number of para-hydroxylation sites is 1. The van der Waals surface area contributed by atoms with Gasteiger partial charge >= 0.3 is 0 Å². The van der Waals surface area contributed by atoms with Crippen molar-refractivity contribution in [1.29, 1.82) is 0 Å². The number of rotatable bonds is 5. The van der Waals surface area contributed by atoms with Crippen LogP contribution < -0.4 is 4.90 Å². The first-order chi connectivity index (χ1) is 11.3. The maximum absolute atomic E-state index is 13.2. The molecule has 0 spiro atoms. The van der Waals surface area contributed by atoms with Gasteiger partial charge in [-0.25, -0.2) is 4.98 Å². The molecule has 118 valence electrons. The molecule has 0 aliphatic heterocycles. The van der Waals surface area contributed by atoms with E-state index >= 15 is 0 Å². The number of carbonyl (C=O) groups excluding carboxylic acids is 1. The first kappa shape index (κ1) is 15.3. The number of imidazole rings is 1. The number of anilines is 1. The SMILES string of the molecule is CCCc1nc2ccccn2c1C(=O)N(CC)c1ccccc1. The molecule has 0 atom stereocenters. The van der Waals surface area contributed by atoms with Crippen LogP contribution in [0.2, 0.25) is 0 Å². The molecule has 0 saturated heterocycles. The highest BCUT2D eigenvalue weighted by Crippen LogP contribution is 2.21. The van der Waals surface area contributed by atoms with Crippen molar-refractivity contribution in [3.63, 3.8) is 0 Å². The highest BCUT2D eigenvalue weighted by molar-refractivity contribution is 6.06. The Morgan fingerprint density at radius 1 is 1.09 bits per heavy atom. The van der Waals surface area contributed by atoms with E-state index in [1.165, 1.54) is 0 Å². The van der Waals surface area contributed by atoms with Crippen LogP contribution in [0, 0.1) is 0 Å². The van der Waals surface area contributed by atoms with Gasteiger partial charge in [0.25, 0.3) is 5.91 Å². The molecule has 1 amide bonds. The average Bonchev–Trinajstić information content (AvgIpc) is 2.94. The molecular weight excluding hydrogens is 286 g/mol. The number of carbonyl (C=O) groups is 1. The smallest absolute Gasteiger partial charge is 0.277 e. The maximum Gasteiger partial charge on any atom is 0.277 e. The molecule has 3 aromatic rings. The molecule has 3 rings (SSSR count). The largest absolute Gasteiger partial charge is 0.307 e. The van der Waals surface area contributed by atoms with Crippen molar-refractivity contribution in [2.24, 2.45) is 0 Å². The Morgan fingerprint density at radius 2 is 1.83 bits per heavy atom. The highest BCUT2D eigenvalue weighted by Gasteiger charge is 2.23. The summed E-state index contributed by atoms with van der Waals surface area (Å²) in [7, 11) is 0. The summed E-state index contributed by atoms with van der Waals surface area (Å²) < 4.78 is 1.90. The lowest BCUT2D eigenvalue weighted by molar-refractivity contribution is 0.0981. The standard InChI is InChI=1S/C19H21N3O/c1-3-10-16-18(22-14-9-8-13-17(22)20-16)19(23)21(4-2)15-11-6-5-7-12-15/h5-9,11-14H,3-4,10H2,1-2H3. The molecule has 4 heteroatoms. The Morgan fingerprint density at radius 3 is 2.52 bits per heavy atom. The zero-order valence-electron chi connectivity index (χ0n) is 13.6. The normalized spacial score (nSPS) is 10.9. The number of benzene rings is 1. The molecule has 0 saturated carbocycles. The monoisotopic (exact) mass is 307 g/mol. The highest BCUT2D eigenvalue weighted by atomic mass is 16.2. The van der Waals surface area contributed by atoms with Crippen LogP contribution in [0.3, 0.4) is 0 Å². The third-order valence-corrected chi connectivity index (χ3v) is 3.92. The number of amides is 1. The fourth-order valence-corrected chi connectivity index (χ4v) is 2.86. The van der Waals surface area contributed by atoms with Gasteiger partial charge in [0.05, 0.1) is 5.69 Å². The van der Waals surface area contributed by atoms with Gasteiger partial charge in [-0.05, 0) is 37.6 Å². The quantitative estimate of drug-likeness (QED) is 0.715. The summed E-state index contributed by atoms with van der Waals surface area (Å²) in [5.74, 6) is 0.000787. The van der Waals surface area contributed by atoms with Crippen molar-refractivity contribution in [2.45, 2.75) is 26.7 Å². The van der Waals surface area contributed by atoms with Crippen molar-refractivity contribution >= 4 is 17.2 Å². The number of hydrogen-bond acceptors (Lipinski definition) is 2. The summed E-state index contributed by atoms with van der Waals surface area (Å²) >= 11 is 0. The second-order valence-corrected chi connectivity index (χ2v) is 5.47. The van der Waals surface area contributed by atoms with Crippen LogP contribution in [0.4, 0.5) is 5.69 Å². The minimum atomic E-state index is 0.000787. The lowest BCUT2D eigenvalue weighted by atomic mass is 10.2. The van der Waals surface area contributed by atoms with Gasteiger partial charge < -0.3 is 4.90 Å². The first-order valence-corrected chi connectivity index (χ1v) is 8.09. The molecule has 0 unspecified atom stereocenters. The van der Waals surface area contributed by atoms with Gasteiger partial charge in [-0.15, -0.1) is 0 Å². The van der Waals surface area contributed by atoms with Crippen molar-refractivity contribution in [3.8, 4) is 0 Å². The van der Waals surface area contributed by atoms with E-state index in [-0.39, 0.29) is 5.91 Å². The van der Waals surface area contributed by atoms with E-state index < -0.39 is 0 Å². The number of aromatic nitrogens is 2. The number of fused-ring (bicyclic) bond motifs is 1. The number of hydrogen-bond donors (Lipinski definition) is 0. The molecule has 0 radical (unpaired) electrons. The minimum Gasteiger partial charge on any atom is -0.307 e. The van der Waals surface area contributed by atoms with Gasteiger partial charge in [-0.1, -0.05) is 37.6 Å². The Hall–Kier alpha value is -2.62. The zero-order valence-corrected chi connectivity index (χ0v) is 13.6. The summed E-state index contributed by atoms with van der Waals surface area (Å²) in [6.07, 6.45) is 3.67. The van der Waals surface area contributed by atoms with Gasteiger partial charge in [-0.3, -0.25) is 9.20 Å². The van der Waals surface area contributed by atoms with Crippen LogP contribution in [-0.2, 0) is 6.42 Å².